The predicted octanol–water partition coefficient (Wildman–Crippen LogP) is 4.05. The van der Waals surface area contributed by atoms with Crippen LogP contribution in [0.3, 0.4) is 0 Å². The molecule has 0 aromatic heterocycles. The van der Waals surface area contributed by atoms with Gasteiger partial charge in [0.2, 0.25) is 11.8 Å². The zero-order valence-corrected chi connectivity index (χ0v) is 14.9. The summed E-state index contributed by atoms with van der Waals surface area (Å²) < 4.78 is 13.1. The summed E-state index contributed by atoms with van der Waals surface area (Å²) in [4.78, 5) is 26.6. The average molecular weight is 361 g/mol. The van der Waals surface area contributed by atoms with Crippen molar-refractivity contribution in [3.63, 3.8) is 0 Å². The summed E-state index contributed by atoms with van der Waals surface area (Å²) in [7, 11) is 0. The number of amides is 2. The van der Waals surface area contributed by atoms with E-state index < -0.39 is 17.1 Å². The third-order valence-electron chi connectivity index (χ3n) is 4.40. The number of rotatable bonds is 3. The first-order valence-electron chi connectivity index (χ1n) is 7.88. The summed E-state index contributed by atoms with van der Waals surface area (Å²) >= 11 is 5.93. The fourth-order valence-corrected chi connectivity index (χ4v) is 3.24. The summed E-state index contributed by atoms with van der Waals surface area (Å²) in [5, 5.41) is 2.73. The third kappa shape index (κ3) is 3.12. The number of nitrogens with zero attached hydrogens (tertiary/aromatic N) is 1. The van der Waals surface area contributed by atoms with Crippen molar-refractivity contribution in [2.75, 3.05) is 16.8 Å². The van der Waals surface area contributed by atoms with E-state index in [2.05, 4.69) is 5.32 Å². The molecule has 4 nitrogen and oxygen atoms in total. The van der Waals surface area contributed by atoms with E-state index in [9.17, 15) is 14.0 Å². The number of carbonyl (C=O) groups excluding carboxylic acids is 2. The van der Waals surface area contributed by atoms with Crippen molar-refractivity contribution in [2.45, 2.75) is 26.2 Å². The summed E-state index contributed by atoms with van der Waals surface area (Å²) in [6.45, 7) is 5.53. The maximum Gasteiger partial charge on any atom is 0.244 e. The summed E-state index contributed by atoms with van der Waals surface area (Å²) in [5.74, 6) is -1.01. The Morgan fingerprint density at radius 3 is 2.64 bits per heavy atom. The minimum Gasteiger partial charge on any atom is -0.323 e. The average Bonchev–Trinajstić information content (AvgIpc) is 2.71. The van der Waals surface area contributed by atoms with Crippen LogP contribution in [0.1, 0.15) is 25.0 Å². The second kappa shape index (κ2) is 6.15. The van der Waals surface area contributed by atoms with Crippen LogP contribution >= 0.6 is 11.6 Å². The highest BCUT2D eigenvalue weighted by atomic mass is 35.5. The minimum absolute atomic E-state index is 0.109. The normalized spacial score (nSPS) is 15.2. The Balaban J connectivity index is 1.83. The molecule has 1 aliphatic rings. The number of nitrogens with one attached hydrogen (secondary N) is 1. The molecule has 0 radical (unpaired) electrons. The molecule has 130 valence electrons. The van der Waals surface area contributed by atoms with Crippen molar-refractivity contribution in [2.24, 2.45) is 0 Å². The van der Waals surface area contributed by atoms with Gasteiger partial charge < -0.3 is 10.2 Å². The van der Waals surface area contributed by atoms with E-state index in [1.165, 1.54) is 17.0 Å². The van der Waals surface area contributed by atoms with Gasteiger partial charge in [0, 0.05) is 5.69 Å². The van der Waals surface area contributed by atoms with Crippen molar-refractivity contribution < 1.29 is 14.0 Å². The van der Waals surface area contributed by atoms with E-state index in [-0.39, 0.29) is 17.5 Å². The zero-order valence-electron chi connectivity index (χ0n) is 14.2. The van der Waals surface area contributed by atoms with Gasteiger partial charge >= 0.3 is 0 Å². The van der Waals surface area contributed by atoms with Crippen LogP contribution in [0.4, 0.5) is 15.8 Å². The number of benzene rings is 2. The van der Waals surface area contributed by atoms with E-state index in [4.69, 9.17) is 11.6 Å². The molecule has 2 aromatic rings. The fourth-order valence-electron chi connectivity index (χ4n) is 3.03. The molecule has 6 heteroatoms. The SMILES string of the molecule is Cc1ccc2c(c1)C(C)(C)C(=O)N2CC(=O)Nc1ccc(F)cc1Cl. The predicted molar refractivity (Wildman–Crippen MR) is 96.6 cm³/mol. The molecule has 0 atom stereocenters. The van der Waals surface area contributed by atoms with Crippen molar-refractivity contribution in [3.8, 4) is 0 Å². The number of fused-ring (bicyclic) bond motifs is 1. The van der Waals surface area contributed by atoms with Crippen molar-refractivity contribution in [1.29, 1.82) is 0 Å². The molecule has 0 spiro atoms. The van der Waals surface area contributed by atoms with Crippen molar-refractivity contribution in [3.05, 3.63) is 58.4 Å². The Labute approximate surface area is 150 Å². The molecule has 0 unspecified atom stereocenters. The highest BCUT2D eigenvalue weighted by molar-refractivity contribution is 6.33. The quantitative estimate of drug-likeness (QED) is 0.897. The third-order valence-corrected chi connectivity index (χ3v) is 4.72. The van der Waals surface area contributed by atoms with Crippen molar-refractivity contribution >= 4 is 34.8 Å². The summed E-state index contributed by atoms with van der Waals surface area (Å²) in [6.07, 6.45) is 0. The first-order valence-corrected chi connectivity index (χ1v) is 8.26. The van der Waals surface area contributed by atoms with E-state index in [0.29, 0.717) is 5.69 Å². The van der Waals surface area contributed by atoms with Crippen LogP contribution < -0.4 is 10.2 Å². The van der Waals surface area contributed by atoms with Crippen LogP contribution in [0.25, 0.3) is 0 Å². The van der Waals surface area contributed by atoms with Crippen LogP contribution in [-0.2, 0) is 15.0 Å². The van der Waals surface area contributed by atoms with Gasteiger partial charge in [-0.15, -0.1) is 0 Å². The van der Waals surface area contributed by atoms with Gasteiger partial charge in [0.05, 0.1) is 16.1 Å². The van der Waals surface area contributed by atoms with Gasteiger partial charge in [-0.1, -0.05) is 29.3 Å². The molecule has 0 bridgehead atoms. The lowest BCUT2D eigenvalue weighted by atomic mass is 9.85. The lowest BCUT2D eigenvalue weighted by molar-refractivity contribution is -0.124. The summed E-state index contributed by atoms with van der Waals surface area (Å²) in [6, 6.07) is 9.47. The maximum absolute atomic E-state index is 13.1. The van der Waals surface area contributed by atoms with Gasteiger partial charge in [-0.3, -0.25) is 9.59 Å². The molecule has 0 saturated carbocycles. The van der Waals surface area contributed by atoms with Gasteiger partial charge in [-0.25, -0.2) is 4.39 Å². The van der Waals surface area contributed by atoms with E-state index in [0.717, 1.165) is 22.9 Å². The molecule has 25 heavy (non-hydrogen) atoms. The van der Waals surface area contributed by atoms with E-state index in [1.807, 2.05) is 39.0 Å². The largest absolute Gasteiger partial charge is 0.323 e. The highest BCUT2D eigenvalue weighted by Crippen LogP contribution is 2.41. The van der Waals surface area contributed by atoms with Gasteiger partial charge in [0.25, 0.3) is 0 Å². The Morgan fingerprint density at radius 1 is 1.24 bits per heavy atom. The van der Waals surface area contributed by atoms with Gasteiger partial charge in [-0.05, 0) is 50.6 Å². The summed E-state index contributed by atoms with van der Waals surface area (Å²) in [5.41, 5.74) is 2.33. The molecule has 3 rings (SSSR count). The monoisotopic (exact) mass is 360 g/mol. The zero-order chi connectivity index (χ0) is 18.4. The molecule has 2 aromatic carbocycles. The first-order chi connectivity index (χ1) is 11.7. The molecule has 1 aliphatic heterocycles. The number of aryl methyl sites for hydroxylation is 1. The molecule has 1 heterocycles. The molecule has 0 aliphatic carbocycles. The van der Waals surface area contributed by atoms with Gasteiger partial charge in [0.1, 0.15) is 12.4 Å². The number of halogens is 2. The van der Waals surface area contributed by atoms with E-state index in [1.54, 1.807) is 0 Å². The highest BCUT2D eigenvalue weighted by Gasteiger charge is 2.44. The number of anilines is 2. The fraction of sp³-hybridized carbons (Fsp3) is 0.263. The van der Waals surface area contributed by atoms with Crippen LogP contribution in [-0.4, -0.2) is 18.4 Å². The Morgan fingerprint density at radius 2 is 1.96 bits per heavy atom. The number of hydrogen-bond acceptors (Lipinski definition) is 2. The lowest BCUT2D eigenvalue weighted by Crippen LogP contribution is -2.40. The first kappa shape index (κ1) is 17.4. The number of carbonyl (C=O) groups is 2. The van der Waals surface area contributed by atoms with E-state index >= 15 is 0 Å². The lowest BCUT2D eigenvalue weighted by Gasteiger charge is -2.20. The maximum atomic E-state index is 13.1. The topological polar surface area (TPSA) is 49.4 Å². The molecule has 0 fully saturated rings. The van der Waals surface area contributed by atoms with Crippen LogP contribution in [0.5, 0.6) is 0 Å². The molecular formula is C19H18ClFN2O2. The number of hydrogen-bond donors (Lipinski definition) is 1. The van der Waals surface area contributed by atoms with Crippen molar-refractivity contribution in [1.82, 2.24) is 0 Å². The molecule has 0 saturated heterocycles. The second-order valence-corrected chi connectivity index (χ2v) is 7.12. The standard InChI is InChI=1S/C19H18ClFN2O2/c1-11-4-7-16-13(8-11)19(2,3)18(25)23(16)10-17(24)22-15-6-5-12(21)9-14(15)20/h4-9H,10H2,1-3H3,(H,22,24). The molecule has 1 N–H and O–H groups in total. The Kier molecular flexibility index (Phi) is 4.29. The Hall–Kier alpha value is -2.40. The van der Waals surface area contributed by atoms with Crippen LogP contribution in [0, 0.1) is 12.7 Å². The minimum atomic E-state index is -0.685. The van der Waals surface area contributed by atoms with Crippen LogP contribution in [0.2, 0.25) is 5.02 Å². The van der Waals surface area contributed by atoms with Gasteiger partial charge in [0.15, 0.2) is 0 Å². The molecule has 2 amide bonds. The Bertz CT molecular complexity index is 880. The molecular weight excluding hydrogens is 343 g/mol. The van der Waals surface area contributed by atoms with Gasteiger partial charge in [-0.2, -0.15) is 0 Å². The smallest absolute Gasteiger partial charge is 0.244 e. The second-order valence-electron chi connectivity index (χ2n) is 6.71. The van der Waals surface area contributed by atoms with Crippen LogP contribution in [0.15, 0.2) is 36.4 Å².